The highest BCUT2D eigenvalue weighted by molar-refractivity contribution is 5.72. The number of carbonyl (C=O) groups is 3. The fourth-order valence-corrected chi connectivity index (χ4v) is 9.90. The van der Waals surface area contributed by atoms with Crippen molar-refractivity contribution < 1.29 is 28.6 Å². The number of hydrogen-bond acceptors (Lipinski definition) is 6. The van der Waals surface area contributed by atoms with Crippen molar-refractivity contribution in [1.82, 2.24) is 0 Å². The monoisotopic (exact) mass is 1130 g/mol. The molecule has 0 bridgehead atoms. The first-order valence-electron chi connectivity index (χ1n) is 34.7. The molecule has 0 spiro atoms. The summed E-state index contributed by atoms with van der Waals surface area (Å²) in [5, 5.41) is 0. The molecule has 6 nitrogen and oxygen atoms in total. The van der Waals surface area contributed by atoms with Gasteiger partial charge in [0.25, 0.3) is 0 Å². The maximum atomic E-state index is 12.9. The van der Waals surface area contributed by atoms with E-state index in [1.54, 1.807) is 6.08 Å². The maximum absolute atomic E-state index is 12.9. The summed E-state index contributed by atoms with van der Waals surface area (Å²) in [7, 11) is 0. The van der Waals surface area contributed by atoms with Crippen LogP contribution in [-0.2, 0) is 28.6 Å². The first kappa shape index (κ1) is 77.3. The minimum absolute atomic E-state index is 0.106. The van der Waals surface area contributed by atoms with E-state index in [9.17, 15) is 14.4 Å². The molecule has 1 atom stereocenters. The lowest BCUT2D eigenvalue weighted by Gasteiger charge is -2.18. The van der Waals surface area contributed by atoms with Gasteiger partial charge in [0.1, 0.15) is 13.2 Å². The Kier molecular flexibility index (Phi) is 65.7. The van der Waals surface area contributed by atoms with Gasteiger partial charge in [-0.3, -0.25) is 14.4 Å². The minimum Gasteiger partial charge on any atom is -0.462 e. The molecule has 0 aliphatic carbocycles. The highest BCUT2D eigenvalue weighted by Gasteiger charge is 2.19. The highest BCUT2D eigenvalue weighted by atomic mass is 16.6. The van der Waals surface area contributed by atoms with E-state index in [4.69, 9.17) is 14.2 Å². The molecule has 81 heavy (non-hydrogen) atoms. The third-order valence-electron chi connectivity index (χ3n) is 15.1. The predicted molar refractivity (Wildman–Crippen MR) is 353 cm³/mol. The standard InChI is InChI=1S/C75H130O6/c1-4-7-10-13-16-19-22-25-28-30-32-34-35-36-37-38-39-41-42-44-47-50-53-56-59-62-65-68-74(77)80-71-72(70-79-73(76)67-64-61-58-55-52-49-46-27-24-21-18-15-12-9-6-3)81-75(78)69-66-63-60-57-54-51-48-45-43-40-33-31-29-26-23-20-17-14-11-8-5-2/h9,12,18,21-22,25,27,30-33,46,52,55,61,64,72H,4-8,10-11,13-17,19-20,23-24,26,28-29,34-45,47-51,53-54,56-60,62-63,65-71H2,1-3H3/b12-9-,21-18-,25-22-,32-30-,33-31-,46-27-,55-52-,64-61-. The van der Waals surface area contributed by atoms with E-state index in [0.29, 0.717) is 12.8 Å². The first-order valence-corrected chi connectivity index (χ1v) is 34.7. The summed E-state index contributed by atoms with van der Waals surface area (Å²) in [4.78, 5) is 38.3. The summed E-state index contributed by atoms with van der Waals surface area (Å²) in [5.41, 5.74) is 0. The van der Waals surface area contributed by atoms with E-state index in [1.807, 2.05) is 6.08 Å². The van der Waals surface area contributed by atoms with Gasteiger partial charge >= 0.3 is 17.9 Å². The van der Waals surface area contributed by atoms with Crippen molar-refractivity contribution in [2.45, 2.75) is 348 Å². The molecule has 0 aromatic rings. The van der Waals surface area contributed by atoms with Gasteiger partial charge in [0, 0.05) is 12.8 Å². The normalized spacial score (nSPS) is 12.7. The molecule has 0 aliphatic heterocycles. The SMILES string of the molecule is CC/C=C\C/C=C\C/C=C\C/C=C\C/C=C\CC(=O)OCC(COC(=O)CCCCCCCCCCCCCCCCC/C=C\C/C=C\CCCCCCC)OC(=O)CCCCCCCCCCC/C=C\CCCCCCCCCC. The Morgan fingerprint density at radius 2 is 0.531 bits per heavy atom. The molecular weight excluding hydrogens is 997 g/mol. The Labute approximate surface area is 502 Å². The van der Waals surface area contributed by atoms with Crippen LogP contribution >= 0.6 is 0 Å². The molecule has 0 N–H and O–H groups in total. The third-order valence-corrected chi connectivity index (χ3v) is 15.1. The number of ether oxygens (including phenoxy) is 3. The molecule has 0 radical (unpaired) electrons. The van der Waals surface area contributed by atoms with Crippen molar-refractivity contribution >= 4 is 17.9 Å². The molecular formula is C75H130O6. The lowest BCUT2D eigenvalue weighted by molar-refractivity contribution is -0.166. The second kappa shape index (κ2) is 68.8. The molecule has 0 fully saturated rings. The molecule has 0 heterocycles. The number of unbranched alkanes of at least 4 members (excludes halogenated alkanes) is 37. The van der Waals surface area contributed by atoms with Crippen LogP contribution in [0.25, 0.3) is 0 Å². The summed E-state index contributed by atoms with van der Waals surface area (Å²) in [5.74, 6) is -1.03. The van der Waals surface area contributed by atoms with Crippen LogP contribution in [0, 0.1) is 0 Å². The fourth-order valence-electron chi connectivity index (χ4n) is 9.90. The molecule has 0 aromatic heterocycles. The van der Waals surface area contributed by atoms with Gasteiger partial charge in [0.05, 0.1) is 6.42 Å². The summed E-state index contributed by atoms with van der Waals surface area (Å²) in [6.07, 6.45) is 93.2. The zero-order valence-electron chi connectivity index (χ0n) is 53.5. The molecule has 0 saturated heterocycles. The summed E-state index contributed by atoms with van der Waals surface area (Å²) in [6, 6.07) is 0. The van der Waals surface area contributed by atoms with Crippen molar-refractivity contribution in [3.8, 4) is 0 Å². The van der Waals surface area contributed by atoms with Gasteiger partial charge in [-0.25, -0.2) is 0 Å². The van der Waals surface area contributed by atoms with Crippen LogP contribution in [0.2, 0.25) is 0 Å². The van der Waals surface area contributed by atoms with Gasteiger partial charge in [0.15, 0.2) is 6.10 Å². The molecule has 6 heteroatoms. The quantitative estimate of drug-likeness (QED) is 0.0261. The van der Waals surface area contributed by atoms with E-state index in [-0.39, 0.29) is 31.6 Å². The minimum atomic E-state index is -0.820. The molecule has 0 aromatic carbocycles. The molecule has 0 saturated carbocycles. The van der Waals surface area contributed by atoms with Gasteiger partial charge in [0.2, 0.25) is 0 Å². The largest absolute Gasteiger partial charge is 0.462 e. The Bertz CT molecular complexity index is 1580. The van der Waals surface area contributed by atoms with Crippen LogP contribution in [0.4, 0.5) is 0 Å². The van der Waals surface area contributed by atoms with Crippen LogP contribution in [0.5, 0.6) is 0 Å². The average Bonchev–Trinajstić information content (AvgIpc) is 3.47. The lowest BCUT2D eigenvalue weighted by atomic mass is 10.0. The molecule has 0 rings (SSSR count). The summed E-state index contributed by atoms with van der Waals surface area (Å²) in [6.45, 7) is 6.47. The van der Waals surface area contributed by atoms with Gasteiger partial charge < -0.3 is 14.2 Å². The van der Waals surface area contributed by atoms with E-state index in [2.05, 4.69) is 106 Å². The Morgan fingerprint density at radius 3 is 0.877 bits per heavy atom. The van der Waals surface area contributed by atoms with Crippen molar-refractivity contribution in [3.63, 3.8) is 0 Å². The van der Waals surface area contributed by atoms with Crippen molar-refractivity contribution in [3.05, 3.63) is 97.2 Å². The van der Waals surface area contributed by atoms with Gasteiger partial charge in [-0.15, -0.1) is 0 Å². The fraction of sp³-hybridized carbons (Fsp3) is 0.747. The zero-order chi connectivity index (χ0) is 58.5. The average molecular weight is 1130 g/mol. The van der Waals surface area contributed by atoms with Crippen LogP contribution in [-0.4, -0.2) is 37.2 Å². The van der Waals surface area contributed by atoms with Crippen LogP contribution < -0.4 is 0 Å². The van der Waals surface area contributed by atoms with E-state index in [0.717, 1.165) is 77.0 Å². The van der Waals surface area contributed by atoms with Crippen molar-refractivity contribution in [1.29, 1.82) is 0 Å². The molecule has 1 unspecified atom stereocenters. The van der Waals surface area contributed by atoms with E-state index >= 15 is 0 Å². The highest BCUT2D eigenvalue weighted by Crippen LogP contribution is 2.17. The maximum Gasteiger partial charge on any atom is 0.309 e. The number of rotatable bonds is 63. The van der Waals surface area contributed by atoms with Crippen LogP contribution in [0.3, 0.4) is 0 Å². The Balaban J connectivity index is 4.35. The van der Waals surface area contributed by atoms with Crippen LogP contribution in [0.15, 0.2) is 97.2 Å². The van der Waals surface area contributed by atoms with Gasteiger partial charge in [-0.05, 0) is 103 Å². The van der Waals surface area contributed by atoms with Gasteiger partial charge in [-0.2, -0.15) is 0 Å². The summed E-state index contributed by atoms with van der Waals surface area (Å²) < 4.78 is 16.9. The predicted octanol–water partition coefficient (Wildman–Crippen LogP) is 24.0. The number of hydrogen-bond donors (Lipinski definition) is 0. The third kappa shape index (κ3) is 67.0. The molecule has 466 valence electrons. The van der Waals surface area contributed by atoms with Crippen molar-refractivity contribution in [2.24, 2.45) is 0 Å². The second-order valence-corrected chi connectivity index (χ2v) is 23.1. The topological polar surface area (TPSA) is 78.9 Å². The Hall–Kier alpha value is -3.67. The molecule has 0 amide bonds. The van der Waals surface area contributed by atoms with E-state index < -0.39 is 12.1 Å². The lowest BCUT2D eigenvalue weighted by Crippen LogP contribution is -2.30. The zero-order valence-corrected chi connectivity index (χ0v) is 53.5. The smallest absolute Gasteiger partial charge is 0.309 e. The number of carbonyl (C=O) groups excluding carboxylic acids is 3. The molecule has 0 aliphatic rings. The Morgan fingerprint density at radius 1 is 0.272 bits per heavy atom. The summed E-state index contributed by atoms with van der Waals surface area (Å²) >= 11 is 0. The number of esters is 3. The van der Waals surface area contributed by atoms with Gasteiger partial charge in [-0.1, -0.05) is 317 Å². The number of allylic oxidation sites excluding steroid dienone is 15. The van der Waals surface area contributed by atoms with E-state index in [1.165, 1.54) is 225 Å². The second-order valence-electron chi connectivity index (χ2n) is 23.1. The van der Waals surface area contributed by atoms with Crippen LogP contribution in [0.1, 0.15) is 342 Å². The van der Waals surface area contributed by atoms with Crippen molar-refractivity contribution in [2.75, 3.05) is 13.2 Å². The first-order chi connectivity index (χ1) is 40.0.